The minimum Gasteiger partial charge on any atom is -0.390 e. The van der Waals surface area contributed by atoms with E-state index in [2.05, 4.69) is 10.3 Å². The van der Waals surface area contributed by atoms with Crippen LogP contribution in [0, 0.1) is 6.92 Å². The zero-order valence-electron chi connectivity index (χ0n) is 8.03. The highest BCUT2D eigenvalue weighted by Crippen LogP contribution is 2.02. The van der Waals surface area contributed by atoms with Crippen LogP contribution in [0.4, 0.5) is 0 Å². The quantitative estimate of drug-likeness (QED) is 0.662. The molecule has 0 aliphatic heterocycles. The molecule has 0 aromatic carbocycles. The standard InChI is InChI=1S/C8H15N3O2/c1-3-13-5-4-11-7(2)8(6-12)9-10-11/h12H,3-6H2,1-2H3. The lowest BCUT2D eigenvalue weighted by atomic mass is 10.3. The highest BCUT2D eigenvalue weighted by atomic mass is 16.5. The first-order valence-corrected chi connectivity index (χ1v) is 4.37. The van der Waals surface area contributed by atoms with Crippen molar-refractivity contribution < 1.29 is 9.84 Å². The maximum Gasteiger partial charge on any atom is 0.111 e. The van der Waals surface area contributed by atoms with Gasteiger partial charge in [0.2, 0.25) is 0 Å². The molecule has 0 radical (unpaired) electrons. The van der Waals surface area contributed by atoms with Gasteiger partial charge in [-0.05, 0) is 13.8 Å². The van der Waals surface area contributed by atoms with Crippen LogP contribution in [0.3, 0.4) is 0 Å². The average molecular weight is 185 g/mol. The molecule has 1 heterocycles. The van der Waals surface area contributed by atoms with E-state index in [-0.39, 0.29) is 6.61 Å². The molecule has 1 aromatic rings. The van der Waals surface area contributed by atoms with E-state index < -0.39 is 0 Å². The van der Waals surface area contributed by atoms with Crippen molar-refractivity contribution in [3.63, 3.8) is 0 Å². The number of rotatable bonds is 5. The van der Waals surface area contributed by atoms with Gasteiger partial charge in [0.1, 0.15) is 5.69 Å². The van der Waals surface area contributed by atoms with Gasteiger partial charge in [-0.25, -0.2) is 4.68 Å². The number of aliphatic hydroxyl groups excluding tert-OH is 1. The Labute approximate surface area is 77.3 Å². The first-order chi connectivity index (χ1) is 6.29. The van der Waals surface area contributed by atoms with Crippen LogP contribution < -0.4 is 0 Å². The molecule has 0 amide bonds. The molecule has 1 N–H and O–H groups in total. The molecule has 0 spiro atoms. The predicted octanol–water partition coefficient (Wildman–Crippen LogP) is 0.115. The Balaban J connectivity index is 2.51. The van der Waals surface area contributed by atoms with Gasteiger partial charge in [0.05, 0.1) is 25.5 Å². The normalized spacial score (nSPS) is 10.7. The number of aliphatic hydroxyl groups is 1. The molecular weight excluding hydrogens is 170 g/mol. The molecule has 0 aliphatic carbocycles. The molecule has 0 atom stereocenters. The third kappa shape index (κ3) is 2.50. The van der Waals surface area contributed by atoms with E-state index in [1.165, 1.54) is 0 Å². The fourth-order valence-electron chi connectivity index (χ4n) is 1.05. The summed E-state index contributed by atoms with van der Waals surface area (Å²) >= 11 is 0. The van der Waals surface area contributed by atoms with Gasteiger partial charge in [-0.1, -0.05) is 5.21 Å². The molecule has 0 fully saturated rings. The summed E-state index contributed by atoms with van der Waals surface area (Å²) in [5.41, 5.74) is 1.54. The summed E-state index contributed by atoms with van der Waals surface area (Å²) in [6, 6.07) is 0. The van der Waals surface area contributed by atoms with Crippen molar-refractivity contribution in [1.82, 2.24) is 15.0 Å². The van der Waals surface area contributed by atoms with Crippen molar-refractivity contribution >= 4 is 0 Å². The molecule has 0 saturated heterocycles. The van der Waals surface area contributed by atoms with Gasteiger partial charge in [-0.15, -0.1) is 5.10 Å². The number of hydrogen-bond acceptors (Lipinski definition) is 4. The minimum absolute atomic E-state index is 0.0551. The van der Waals surface area contributed by atoms with Gasteiger partial charge in [0.25, 0.3) is 0 Å². The Hall–Kier alpha value is -0.940. The molecule has 0 unspecified atom stereocenters. The summed E-state index contributed by atoms with van der Waals surface area (Å²) in [5, 5.41) is 16.6. The van der Waals surface area contributed by atoms with Gasteiger partial charge in [-0.2, -0.15) is 0 Å². The van der Waals surface area contributed by atoms with Crippen LogP contribution in [-0.4, -0.2) is 33.3 Å². The number of ether oxygens (including phenoxy) is 1. The number of nitrogens with zero attached hydrogens (tertiary/aromatic N) is 3. The molecule has 5 heteroatoms. The first-order valence-electron chi connectivity index (χ1n) is 4.37. The van der Waals surface area contributed by atoms with Gasteiger partial charge in [-0.3, -0.25) is 0 Å². The van der Waals surface area contributed by atoms with Crippen LogP contribution in [-0.2, 0) is 17.9 Å². The van der Waals surface area contributed by atoms with Gasteiger partial charge >= 0.3 is 0 Å². The zero-order chi connectivity index (χ0) is 9.68. The molecule has 0 saturated carbocycles. The fourth-order valence-corrected chi connectivity index (χ4v) is 1.05. The Morgan fingerprint density at radius 3 is 2.85 bits per heavy atom. The van der Waals surface area contributed by atoms with E-state index in [0.717, 1.165) is 5.69 Å². The van der Waals surface area contributed by atoms with Crippen molar-refractivity contribution in [2.45, 2.75) is 27.0 Å². The molecule has 13 heavy (non-hydrogen) atoms. The zero-order valence-corrected chi connectivity index (χ0v) is 8.03. The Kier molecular flexibility index (Phi) is 3.85. The highest BCUT2D eigenvalue weighted by molar-refractivity contribution is 5.05. The lowest BCUT2D eigenvalue weighted by Crippen LogP contribution is -2.09. The molecular formula is C8H15N3O2. The maximum atomic E-state index is 8.86. The molecule has 0 bridgehead atoms. The van der Waals surface area contributed by atoms with E-state index in [1.54, 1.807) is 4.68 Å². The van der Waals surface area contributed by atoms with E-state index >= 15 is 0 Å². The second kappa shape index (κ2) is 4.94. The second-order valence-electron chi connectivity index (χ2n) is 2.70. The number of aromatic nitrogens is 3. The van der Waals surface area contributed by atoms with Crippen molar-refractivity contribution in [2.24, 2.45) is 0 Å². The van der Waals surface area contributed by atoms with Crippen LogP contribution in [0.25, 0.3) is 0 Å². The SMILES string of the molecule is CCOCCn1nnc(CO)c1C. The van der Waals surface area contributed by atoms with Crippen molar-refractivity contribution in [1.29, 1.82) is 0 Å². The summed E-state index contributed by atoms with van der Waals surface area (Å²) in [6.07, 6.45) is 0. The topological polar surface area (TPSA) is 60.2 Å². The lowest BCUT2D eigenvalue weighted by molar-refractivity contribution is 0.135. The predicted molar refractivity (Wildman–Crippen MR) is 47.2 cm³/mol. The number of hydrogen-bond donors (Lipinski definition) is 1. The first kappa shape index (κ1) is 10.1. The van der Waals surface area contributed by atoms with Crippen LogP contribution in [0.1, 0.15) is 18.3 Å². The molecule has 5 nitrogen and oxygen atoms in total. The Morgan fingerprint density at radius 2 is 2.31 bits per heavy atom. The summed E-state index contributed by atoms with van der Waals surface area (Å²) in [6.45, 7) is 5.81. The third-order valence-corrected chi connectivity index (χ3v) is 1.88. The van der Waals surface area contributed by atoms with Crippen molar-refractivity contribution in [3.05, 3.63) is 11.4 Å². The van der Waals surface area contributed by atoms with E-state index in [1.807, 2.05) is 13.8 Å². The molecule has 1 aromatic heterocycles. The van der Waals surface area contributed by atoms with Gasteiger partial charge in [0, 0.05) is 6.61 Å². The molecule has 0 aliphatic rings. The molecule has 1 rings (SSSR count). The smallest absolute Gasteiger partial charge is 0.111 e. The summed E-state index contributed by atoms with van der Waals surface area (Å²) in [5.74, 6) is 0. The van der Waals surface area contributed by atoms with Crippen LogP contribution >= 0.6 is 0 Å². The van der Waals surface area contributed by atoms with Crippen molar-refractivity contribution in [2.75, 3.05) is 13.2 Å². The monoisotopic (exact) mass is 185 g/mol. The lowest BCUT2D eigenvalue weighted by Gasteiger charge is -2.02. The summed E-state index contributed by atoms with van der Waals surface area (Å²) in [7, 11) is 0. The van der Waals surface area contributed by atoms with Gasteiger partial charge < -0.3 is 9.84 Å². The third-order valence-electron chi connectivity index (χ3n) is 1.88. The van der Waals surface area contributed by atoms with Crippen LogP contribution in [0.15, 0.2) is 0 Å². The largest absolute Gasteiger partial charge is 0.390 e. The second-order valence-corrected chi connectivity index (χ2v) is 2.70. The van der Waals surface area contributed by atoms with E-state index in [9.17, 15) is 0 Å². The van der Waals surface area contributed by atoms with Crippen LogP contribution in [0.2, 0.25) is 0 Å². The highest BCUT2D eigenvalue weighted by Gasteiger charge is 2.05. The fraction of sp³-hybridized carbons (Fsp3) is 0.750. The average Bonchev–Trinajstić information content (AvgIpc) is 2.48. The van der Waals surface area contributed by atoms with Crippen LogP contribution in [0.5, 0.6) is 0 Å². The summed E-state index contributed by atoms with van der Waals surface area (Å²) < 4.78 is 6.92. The van der Waals surface area contributed by atoms with Gasteiger partial charge in [0.15, 0.2) is 0 Å². The minimum atomic E-state index is -0.0551. The van der Waals surface area contributed by atoms with E-state index in [4.69, 9.17) is 9.84 Å². The Bertz CT molecular complexity index is 260. The summed E-state index contributed by atoms with van der Waals surface area (Å²) in [4.78, 5) is 0. The van der Waals surface area contributed by atoms with E-state index in [0.29, 0.717) is 25.5 Å². The van der Waals surface area contributed by atoms with Crippen molar-refractivity contribution in [3.8, 4) is 0 Å². The Morgan fingerprint density at radius 1 is 1.54 bits per heavy atom. The maximum absolute atomic E-state index is 8.86. The molecule has 74 valence electrons.